The van der Waals surface area contributed by atoms with Crippen LogP contribution in [0, 0.1) is 6.92 Å². The van der Waals surface area contributed by atoms with Gasteiger partial charge in [0.2, 0.25) is 11.8 Å². The Bertz CT molecular complexity index is 770. The fraction of sp³-hybridized carbons (Fsp3) is 0.565. The number of esters is 1. The summed E-state index contributed by atoms with van der Waals surface area (Å²) in [7, 11) is 1.25. The molecule has 2 amide bonds. The van der Waals surface area contributed by atoms with Crippen LogP contribution in [0.15, 0.2) is 24.3 Å². The summed E-state index contributed by atoms with van der Waals surface area (Å²) in [6.07, 6.45) is 2.30. The fourth-order valence-corrected chi connectivity index (χ4v) is 3.07. The van der Waals surface area contributed by atoms with Crippen LogP contribution in [0.2, 0.25) is 0 Å². The monoisotopic (exact) mass is 464 g/mol. The lowest BCUT2D eigenvalue weighted by Gasteiger charge is -2.22. The lowest BCUT2D eigenvalue weighted by Crippen LogP contribution is -2.53. The Hall–Kier alpha value is -2.52. The van der Waals surface area contributed by atoms with Crippen LogP contribution in [0.3, 0.4) is 0 Å². The summed E-state index contributed by atoms with van der Waals surface area (Å²) >= 11 is 5.01. The standard InChI is InChI=1S/C23H36N4O4S/c1-15-9-11-19(12-10-15)14-25-20(8-6-7-13-24-18(4)32)22(29)26-16(2)21(28)27-17(3)23(30)31-5/h9-12,16-17,20,25H,6-8,13-14H2,1-5H3,(H,24,32)(H,26,29)(H,27,28). The summed E-state index contributed by atoms with van der Waals surface area (Å²) in [6, 6.07) is 6.05. The number of aryl methyl sites for hydroxylation is 1. The first-order valence-corrected chi connectivity index (χ1v) is 11.3. The number of carbonyl (C=O) groups excluding carboxylic acids is 3. The highest BCUT2D eigenvalue weighted by molar-refractivity contribution is 7.80. The number of ether oxygens (including phenoxy) is 1. The third kappa shape index (κ3) is 10.7. The van der Waals surface area contributed by atoms with E-state index in [4.69, 9.17) is 12.2 Å². The second kappa shape index (κ2) is 14.5. The highest BCUT2D eigenvalue weighted by Gasteiger charge is 2.24. The highest BCUT2D eigenvalue weighted by atomic mass is 32.1. The van der Waals surface area contributed by atoms with Crippen LogP contribution >= 0.6 is 12.2 Å². The van der Waals surface area contributed by atoms with E-state index >= 15 is 0 Å². The highest BCUT2D eigenvalue weighted by Crippen LogP contribution is 2.07. The molecule has 4 N–H and O–H groups in total. The topological polar surface area (TPSA) is 109 Å². The number of benzene rings is 1. The van der Waals surface area contributed by atoms with Crippen LogP contribution in [0.25, 0.3) is 0 Å². The Labute approximate surface area is 196 Å². The van der Waals surface area contributed by atoms with Crippen molar-refractivity contribution in [3.05, 3.63) is 35.4 Å². The summed E-state index contributed by atoms with van der Waals surface area (Å²) < 4.78 is 4.61. The molecule has 0 bridgehead atoms. The first-order valence-electron chi connectivity index (χ1n) is 10.9. The average Bonchev–Trinajstić information content (AvgIpc) is 2.75. The molecule has 0 saturated carbocycles. The van der Waals surface area contributed by atoms with Gasteiger partial charge in [0.25, 0.3) is 0 Å². The molecule has 0 fully saturated rings. The van der Waals surface area contributed by atoms with Gasteiger partial charge in [-0.2, -0.15) is 0 Å². The van der Waals surface area contributed by atoms with Crippen LogP contribution in [0.1, 0.15) is 51.2 Å². The molecule has 178 valence electrons. The van der Waals surface area contributed by atoms with E-state index in [2.05, 4.69) is 26.0 Å². The number of hydrogen-bond acceptors (Lipinski definition) is 6. The molecule has 0 aliphatic rings. The predicted molar refractivity (Wildman–Crippen MR) is 129 cm³/mol. The minimum atomic E-state index is -0.794. The molecule has 0 aromatic heterocycles. The number of amides is 2. The van der Waals surface area contributed by atoms with Crippen molar-refractivity contribution in [3.8, 4) is 0 Å². The van der Waals surface area contributed by atoms with Crippen molar-refractivity contribution in [1.29, 1.82) is 0 Å². The Morgan fingerprint density at radius 1 is 1.00 bits per heavy atom. The van der Waals surface area contributed by atoms with Crippen LogP contribution in [-0.2, 0) is 25.7 Å². The molecule has 0 saturated heterocycles. The second-order valence-electron chi connectivity index (χ2n) is 7.88. The maximum Gasteiger partial charge on any atom is 0.328 e. The van der Waals surface area contributed by atoms with E-state index in [1.165, 1.54) is 19.6 Å². The van der Waals surface area contributed by atoms with Gasteiger partial charge in [-0.25, -0.2) is 4.79 Å². The molecule has 9 heteroatoms. The van der Waals surface area contributed by atoms with Crippen LogP contribution in [-0.4, -0.2) is 54.6 Å². The van der Waals surface area contributed by atoms with E-state index in [9.17, 15) is 14.4 Å². The van der Waals surface area contributed by atoms with Crippen molar-refractivity contribution >= 4 is 35.0 Å². The Kier molecular flexibility index (Phi) is 12.5. The Balaban J connectivity index is 2.67. The number of methoxy groups -OCH3 is 1. The summed E-state index contributed by atoms with van der Waals surface area (Å²) in [6.45, 7) is 8.27. The van der Waals surface area contributed by atoms with Gasteiger partial charge in [-0.15, -0.1) is 0 Å². The molecule has 0 heterocycles. The number of hydrogen-bond donors (Lipinski definition) is 4. The summed E-state index contributed by atoms with van der Waals surface area (Å²) in [5, 5.41) is 11.7. The number of carbonyl (C=O) groups is 3. The van der Waals surface area contributed by atoms with Crippen LogP contribution in [0.5, 0.6) is 0 Å². The molecule has 3 unspecified atom stereocenters. The SMILES string of the molecule is COC(=O)C(C)NC(=O)C(C)NC(=O)C(CCCCNC(C)=S)NCc1ccc(C)cc1. The molecular formula is C23H36N4O4S. The van der Waals surface area contributed by atoms with Gasteiger partial charge in [0, 0.05) is 13.1 Å². The van der Waals surface area contributed by atoms with E-state index in [1.54, 1.807) is 6.92 Å². The molecule has 3 atom stereocenters. The van der Waals surface area contributed by atoms with E-state index in [1.807, 2.05) is 38.1 Å². The number of nitrogens with one attached hydrogen (secondary N) is 4. The van der Waals surface area contributed by atoms with Crippen molar-refractivity contribution in [2.75, 3.05) is 13.7 Å². The number of rotatable bonds is 13. The molecule has 1 aromatic rings. The minimum absolute atomic E-state index is 0.260. The Morgan fingerprint density at radius 3 is 2.22 bits per heavy atom. The van der Waals surface area contributed by atoms with Gasteiger partial charge in [0.05, 0.1) is 18.1 Å². The van der Waals surface area contributed by atoms with Crippen LogP contribution in [0.4, 0.5) is 0 Å². The van der Waals surface area contributed by atoms with Gasteiger partial charge in [0.15, 0.2) is 0 Å². The van der Waals surface area contributed by atoms with Crippen molar-refractivity contribution in [3.63, 3.8) is 0 Å². The zero-order chi connectivity index (χ0) is 24.1. The largest absolute Gasteiger partial charge is 0.467 e. The number of thiocarbonyl (C=S) groups is 1. The minimum Gasteiger partial charge on any atom is -0.467 e. The Morgan fingerprint density at radius 2 is 1.62 bits per heavy atom. The maximum absolute atomic E-state index is 12.9. The van der Waals surface area contributed by atoms with Gasteiger partial charge in [-0.05, 0) is 52.5 Å². The van der Waals surface area contributed by atoms with Gasteiger partial charge in [-0.3, -0.25) is 9.59 Å². The summed E-state index contributed by atoms with van der Waals surface area (Å²) in [5.74, 6) is -1.26. The lowest BCUT2D eigenvalue weighted by atomic mass is 10.1. The molecule has 32 heavy (non-hydrogen) atoms. The molecule has 0 spiro atoms. The second-order valence-corrected chi connectivity index (χ2v) is 8.49. The third-order valence-electron chi connectivity index (χ3n) is 4.95. The molecular weight excluding hydrogens is 428 g/mol. The first-order chi connectivity index (χ1) is 15.1. The molecule has 1 rings (SSSR count). The quantitative estimate of drug-likeness (QED) is 0.200. The first kappa shape index (κ1) is 27.5. The van der Waals surface area contributed by atoms with E-state index < -0.39 is 30.0 Å². The molecule has 0 radical (unpaired) electrons. The van der Waals surface area contributed by atoms with E-state index in [0.717, 1.165) is 29.9 Å². The maximum atomic E-state index is 12.9. The normalized spacial score (nSPS) is 13.4. The predicted octanol–water partition coefficient (Wildman–Crippen LogP) is 1.74. The van der Waals surface area contributed by atoms with Gasteiger partial charge in [0.1, 0.15) is 12.1 Å². The lowest BCUT2D eigenvalue weighted by molar-refractivity contribution is -0.144. The van der Waals surface area contributed by atoms with E-state index in [-0.39, 0.29) is 5.91 Å². The molecule has 8 nitrogen and oxygen atoms in total. The van der Waals surface area contributed by atoms with Crippen molar-refractivity contribution in [2.45, 2.75) is 71.6 Å². The summed E-state index contributed by atoms with van der Waals surface area (Å²) in [4.78, 5) is 37.5. The zero-order valence-corrected chi connectivity index (χ0v) is 20.4. The van der Waals surface area contributed by atoms with Crippen molar-refractivity contribution < 1.29 is 19.1 Å². The van der Waals surface area contributed by atoms with E-state index in [0.29, 0.717) is 13.0 Å². The zero-order valence-electron chi connectivity index (χ0n) is 19.6. The van der Waals surface area contributed by atoms with Crippen molar-refractivity contribution in [1.82, 2.24) is 21.3 Å². The van der Waals surface area contributed by atoms with Gasteiger partial charge < -0.3 is 26.0 Å². The molecule has 0 aliphatic carbocycles. The molecule has 1 aromatic carbocycles. The fourth-order valence-electron chi connectivity index (χ4n) is 2.96. The summed E-state index contributed by atoms with van der Waals surface area (Å²) in [5.41, 5.74) is 2.24. The van der Waals surface area contributed by atoms with Gasteiger partial charge >= 0.3 is 5.97 Å². The molecule has 0 aliphatic heterocycles. The van der Waals surface area contributed by atoms with Gasteiger partial charge in [-0.1, -0.05) is 42.0 Å². The van der Waals surface area contributed by atoms with Crippen molar-refractivity contribution in [2.24, 2.45) is 0 Å². The number of unbranched alkanes of at least 4 members (excludes halogenated alkanes) is 1. The smallest absolute Gasteiger partial charge is 0.328 e. The average molecular weight is 465 g/mol. The third-order valence-corrected chi connectivity index (χ3v) is 5.09. The van der Waals surface area contributed by atoms with Crippen LogP contribution < -0.4 is 21.3 Å².